The molecule has 0 bridgehead atoms. The highest BCUT2D eigenvalue weighted by molar-refractivity contribution is 5.75. The molecule has 1 saturated heterocycles. The van der Waals surface area contributed by atoms with Gasteiger partial charge in [-0.15, -0.1) is 0 Å². The van der Waals surface area contributed by atoms with E-state index in [1.165, 1.54) is 6.07 Å². The average molecular weight is 256 g/mol. The molecule has 6 heteroatoms. The van der Waals surface area contributed by atoms with E-state index >= 15 is 0 Å². The number of rotatable bonds is 3. The summed E-state index contributed by atoms with van der Waals surface area (Å²) >= 11 is 0. The van der Waals surface area contributed by atoms with Crippen molar-refractivity contribution in [3.8, 4) is 0 Å². The third kappa shape index (κ3) is 2.65. The van der Waals surface area contributed by atoms with Crippen LogP contribution in [0.5, 0.6) is 0 Å². The Morgan fingerprint density at radius 3 is 2.56 bits per heavy atom. The van der Waals surface area contributed by atoms with Gasteiger partial charge in [0, 0.05) is 37.8 Å². The fourth-order valence-electron chi connectivity index (χ4n) is 2.15. The largest absolute Gasteiger partial charge is 0.480 e. The van der Waals surface area contributed by atoms with Crippen LogP contribution in [0.25, 0.3) is 0 Å². The summed E-state index contributed by atoms with van der Waals surface area (Å²) in [7, 11) is 0. The molecule has 1 fully saturated rings. The van der Waals surface area contributed by atoms with Crippen LogP contribution in [0.2, 0.25) is 0 Å². The van der Waals surface area contributed by atoms with Gasteiger partial charge in [0.15, 0.2) is 0 Å². The van der Waals surface area contributed by atoms with Crippen LogP contribution >= 0.6 is 0 Å². The highest BCUT2D eigenvalue weighted by Crippen LogP contribution is 2.24. The summed E-state index contributed by atoms with van der Waals surface area (Å²) in [6.45, 7) is 2.36. The monoisotopic (exact) mass is 256 g/mol. The smallest absolute Gasteiger partial charge is 0.325 e. The van der Waals surface area contributed by atoms with Crippen molar-refractivity contribution in [2.24, 2.45) is 0 Å². The van der Waals surface area contributed by atoms with Gasteiger partial charge in [-0.3, -0.25) is 9.69 Å². The summed E-state index contributed by atoms with van der Waals surface area (Å²) in [6, 6.07) is 1.93. The van der Waals surface area contributed by atoms with E-state index < -0.39 is 23.6 Å². The lowest BCUT2D eigenvalue weighted by molar-refractivity contribution is -0.144. The molecule has 0 radical (unpaired) electrons. The molecule has 0 spiro atoms. The van der Waals surface area contributed by atoms with Gasteiger partial charge in [0.2, 0.25) is 0 Å². The van der Waals surface area contributed by atoms with Crippen molar-refractivity contribution in [3.05, 3.63) is 35.4 Å². The molecule has 2 rings (SSSR count). The molecule has 1 aromatic rings. The van der Waals surface area contributed by atoms with Crippen molar-refractivity contribution in [3.63, 3.8) is 0 Å². The predicted molar refractivity (Wildman–Crippen MR) is 61.2 cm³/mol. The van der Waals surface area contributed by atoms with Crippen molar-refractivity contribution in [1.29, 1.82) is 0 Å². The third-order valence-electron chi connectivity index (χ3n) is 3.01. The van der Waals surface area contributed by atoms with Crippen LogP contribution in [-0.4, -0.2) is 42.2 Å². The van der Waals surface area contributed by atoms with Crippen LogP contribution in [0.15, 0.2) is 18.2 Å². The molecular weight excluding hydrogens is 242 g/mol. The van der Waals surface area contributed by atoms with E-state index in [0.717, 1.165) is 6.07 Å². The Hall–Kier alpha value is -1.53. The number of aliphatic carboxylic acids is 1. The molecule has 1 aromatic carbocycles. The van der Waals surface area contributed by atoms with Crippen LogP contribution in [0.3, 0.4) is 0 Å². The third-order valence-corrected chi connectivity index (χ3v) is 3.01. The van der Waals surface area contributed by atoms with Crippen molar-refractivity contribution < 1.29 is 18.7 Å². The van der Waals surface area contributed by atoms with E-state index in [1.54, 1.807) is 4.90 Å². The minimum Gasteiger partial charge on any atom is -0.480 e. The number of carboxylic acid groups (broad SMARTS) is 1. The Morgan fingerprint density at radius 1 is 1.33 bits per heavy atom. The molecule has 0 aliphatic carbocycles. The average Bonchev–Trinajstić information content (AvgIpc) is 2.33. The Morgan fingerprint density at radius 2 is 2.00 bits per heavy atom. The van der Waals surface area contributed by atoms with Crippen molar-refractivity contribution in [2.45, 2.75) is 6.04 Å². The van der Waals surface area contributed by atoms with Crippen molar-refractivity contribution in [2.75, 3.05) is 26.2 Å². The number of halogens is 2. The van der Waals surface area contributed by atoms with E-state index in [0.29, 0.717) is 32.2 Å². The lowest BCUT2D eigenvalue weighted by Gasteiger charge is -2.32. The molecule has 0 saturated carbocycles. The first-order valence-corrected chi connectivity index (χ1v) is 5.72. The fraction of sp³-hybridized carbons (Fsp3) is 0.417. The normalized spacial score (nSPS) is 18.6. The second kappa shape index (κ2) is 5.41. The van der Waals surface area contributed by atoms with E-state index in [-0.39, 0.29) is 5.56 Å². The van der Waals surface area contributed by atoms with Gasteiger partial charge in [-0.05, 0) is 6.07 Å². The first-order valence-electron chi connectivity index (χ1n) is 5.72. The zero-order valence-corrected chi connectivity index (χ0v) is 9.70. The van der Waals surface area contributed by atoms with Gasteiger partial charge >= 0.3 is 5.97 Å². The topological polar surface area (TPSA) is 52.6 Å². The van der Waals surface area contributed by atoms with Gasteiger partial charge in [-0.1, -0.05) is 6.07 Å². The Bertz CT molecular complexity index is 448. The van der Waals surface area contributed by atoms with Crippen molar-refractivity contribution in [1.82, 2.24) is 10.2 Å². The minimum absolute atomic E-state index is 0.00537. The number of piperazine rings is 1. The molecule has 1 aliphatic heterocycles. The number of hydrogen-bond acceptors (Lipinski definition) is 3. The summed E-state index contributed by atoms with van der Waals surface area (Å²) in [5, 5.41) is 12.3. The molecule has 1 unspecified atom stereocenters. The molecule has 0 aromatic heterocycles. The molecule has 1 heterocycles. The Kier molecular flexibility index (Phi) is 3.88. The van der Waals surface area contributed by atoms with Crippen LogP contribution < -0.4 is 5.32 Å². The van der Waals surface area contributed by atoms with Crippen LogP contribution in [0.4, 0.5) is 8.78 Å². The molecule has 98 valence electrons. The maximum Gasteiger partial charge on any atom is 0.325 e. The number of hydrogen-bond donors (Lipinski definition) is 2. The lowest BCUT2D eigenvalue weighted by atomic mass is 10.0. The van der Waals surface area contributed by atoms with Crippen LogP contribution in [0.1, 0.15) is 11.6 Å². The molecule has 2 N–H and O–H groups in total. The Balaban J connectivity index is 2.31. The van der Waals surface area contributed by atoms with Crippen LogP contribution in [-0.2, 0) is 4.79 Å². The lowest BCUT2D eigenvalue weighted by Crippen LogP contribution is -2.47. The number of benzene rings is 1. The fourth-order valence-corrected chi connectivity index (χ4v) is 2.15. The maximum absolute atomic E-state index is 13.7. The minimum atomic E-state index is -1.12. The van der Waals surface area contributed by atoms with Crippen molar-refractivity contribution >= 4 is 5.97 Å². The number of carbonyl (C=O) groups is 1. The Labute approximate surface area is 103 Å². The number of nitrogens with one attached hydrogen (secondary N) is 1. The van der Waals surface area contributed by atoms with Gasteiger partial charge in [0.05, 0.1) is 0 Å². The van der Waals surface area contributed by atoms with Gasteiger partial charge in [0.1, 0.15) is 17.7 Å². The first kappa shape index (κ1) is 12.9. The number of carboxylic acids is 1. The van der Waals surface area contributed by atoms with Gasteiger partial charge in [-0.2, -0.15) is 0 Å². The highest BCUT2D eigenvalue weighted by atomic mass is 19.1. The maximum atomic E-state index is 13.7. The zero-order chi connectivity index (χ0) is 13.1. The number of nitrogens with zero attached hydrogens (tertiary/aromatic N) is 1. The quantitative estimate of drug-likeness (QED) is 0.847. The first-order chi connectivity index (χ1) is 8.59. The summed E-state index contributed by atoms with van der Waals surface area (Å²) in [4.78, 5) is 13.0. The summed E-state index contributed by atoms with van der Waals surface area (Å²) in [5.41, 5.74) is 0.00537. The highest BCUT2D eigenvalue weighted by Gasteiger charge is 2.30. The van der Waals surface area contributed by atoms with Gasteiger partial charge in [-0.25, -0.2) is 8.78 Å². The molecule has 0 amide bonds. The summed E-state index contributed by atoms with van der Waals surface area (Å²) in [6.07, 6.45) is 0. The van der Waals surface area contributed by atoms with E-state index in [4.69, 9.17) is 0 Å². The molecule has 1 aliphatic rings. The van der Waals surface area contributed by atoms with Gasteiger partial charge in [0.25, 0.3) is 0 Å². The van der Waals surface area contributed by atoms with Gasteiger partial charge < -0.3 is 10.4 Å². The molecule has 1 atom stereocenters. The van der Waals surface area contributed by atoms with E-state index in [9.17, 15) is 18.7 Å². The zero-order valence-electron chi connectivity index (χ0n) is 9.70. The molecular formula is C12H14F2N2O2. The standard InChI is InChI=1S/C12H14F2N2O2/c13-8-1-2-9(10(14)7-8)11(12(17)18)16-5-3-15-4-6-16/h1-2,7,11,15H,3-6H2,(H,17,18). The SMILES string of the molecule is O=C(O)C(c1ccc(F)cc1F)N1CCNCC1. The second-order valence-corrected chi connectivity index (χ2v) is 4.19. The molecule has 18 heavy (non-hydrogen) atoms. The summed E-state index contributed by atoms with van der Waals surface area (Å²) < 4.78 is 26.5. The predicted octanol–water partition coefficient (Wildman–Crippen LogP) is 0.996. The second-order valence-electron chi connectivity index (χ2n) is 4.19. The van der Waals surface area contributed by atoms with E-state index in [1.807, 2.05) is 0 Å². The molecule has 4 nitrogen and oxygen atoms in total. The van der Waals surface area contributed by atoms with E-state index in [2.05, 4.69) is 5.32 Å². The summed E-state index contributed by atoms with van der Waals surface area (Å²) in [5.74, 6) is -2.65. The van der Waals surface area contributed by atoms with Crippen LogP contribution in [0, 0.1) is 11.6 Å².